The van der Waals surface area contributed by atoms with Gasteiger partial charge in [0, 0.05) is 6.61 Å². The Bertz CT molecular complexity index is 401. The van der Waals surface area contributed by atoms with Gasteiger partial charge in [-0.15, -0.1) is 0 Å². The van der Waals surface area contributed by atoms with Gasteiger partial charge in [-0.3, -0.25) is 0 Å². The average Bonchev–Trinajstić information content (AvgIpc) is 3.08. The van der Waals surface area contributed by atoms with Crippen molar-refractivity contribution in [1.29, 1.82) is 0 Å². The number of allylic oxidation sites excluding steroid dienone is 2. The Hall–Kier alpha value is -0.460. The Morgan fingerprint density at radius 3 is 1.87 bits per heavy atom. The molecule has 30 heavy (non-hydrogen) atoms. The van der Waals surface area contributed by atoms with Crippen molar-refractivity contribution in [1.82, 2.24) is 0 Å². The molecule has 1 heterocycles. The molecule has 178 valence electrons. The standard InChI is InChI=1S/C25H48O5/c1-2-3-4-5-6-7-8-9-10-11-12-13-14-15-16-17-18-19-29-23(20-26)25-24(28)22(27)21-30-25/h7-8,22-28H,2-6,9-21H2,1H3/b8-7+/t22-,23+,24+,25+/m0/s1. The van der Waals surface area contributed by atoms with Gasteiger partial charge in [-0.05, 0) is 32.1 Å². The Morgan fingerprint density at radius 2 is 1.37 bits per heavy atom. The molecule has 1 rings (SSSR count). The second-order valence-electron chi connectivity index (χ2n) is 8.74. The Kier molecular flexibility index (Phi) is 17.7. The summed E-state index contributed by atoms with van der Waals surface area (Å²) in [4.78, 5) is 0. The maximum Gasteiger partial charge on any atom is 0.114 e. The number of unbranched alkanes of at least 4 members (excludes halogenated alkanes) is 13. The number of ether oxygens (including phenoxy) is 2. The molecule has 1 saturated heterocycles. The molecule has 0 aromatic carbocycles. The average molecular weight is 429 g/mol. The van der Waals surface area contributed by atoms with Crippen molar-refractivity contribution in [3.05, 3.63) is 12.2 Å². The fraction of sp³-hybridized carbons (Fsp3) is 0.920. The van der Waals surface area contributed by atoms with Gasteiger partial charge in [0.2, 0.25) is 0 Å². The molecule has 3 N–H and O–H groups in total. The van der Waals surface area contributed by atoms with Crippen LogP contribution < -0.4 is 0 Å². The van der Waals surface area contributed by atoms with Crippen LogP contribution in [0.5, 0.6) is 0 Å². The van der Waals surface area contributed by atoms with Crippen LogP contribution >= 0.6 is 0 Å². The highest BCUT2D eigenvalue weighted by Crippen LogP contribution is 2.20. The lowest BCUT2D eigenvalue weighted by Gasteiger charge is -2.24. The predicted molar refractivity (Wildman–Crippen MR) is 123 cm³/mol. The van der Waals surface area contributed by atoms with Gasteiger partial charge < -0.3 is 24.8 Å². The first-order valence-electron chi connectivity index (χ1n) is 12.6. The van der Waals surface area contributed by atoms with E-state index >= 15 is 0 Å². The van der Waals surface area contributed by atoms with Gasteiger partial charge in [0.25, 0.3) is 0 Å². The van der Waals surface area contributed by atoms with Crippen molar-refractivity contribution >= 4 is 0 Å². The first kappa shape index (κ1) is 27.6. The smallest absolute Gasteiger partial charge is 0.114 e. The third kappa shape index (κ3) is 13.1. The zero-order valence-electron chi connectivity index (χ0n) is 19.4. The molecule has 5 heteroatoms. The summed E-state index contributed by atoms with van der Waals surface area (Å²) in [5.74, 6) is 0. The van der Waals surface area contributed by atoms with Gasteiger partial charge in [0.1, 0.15) is 24.4 Å². The lowest BCUT2D eigenvalue weighted by atomic mass is 10.1. The van der Waals surface area contributed by atoms with E-state index in [1.54, 1.807) is 0 Å². The Balaban J connectivity index is 1.83. The van der Waals surface area contributed by atoms with E-state index < -0.39 is 24.4 Å². The number of hydrogen-bond donors (Lipinski definition) is 3. The molecule has 1 aliphatic rings. The molecule has 0 spiro atoms. The molecule has 0 aromatic rings. The number of aliphatic hydroxyl groups is 3. The number of aliphatic hydroxyl groups excluding tert-OH is 3. The summed E-state index contributed by atoms with van der Waals surface area (Å²) in [5, 5.41) is 28.8. The van der Waals surface area contributed by atoms with Crippen LogP contribution in [-0.2, 0) is 9.47 Å². The van der Waals surface area contributed by atoms with E-state index in [0.29, 0.717) is 6.61 Å². The van der Waals surface area contributed by atoms with Crippen LogP contribution in [0.25, 0.3) is 0 Å². The summed E-state index contributed by atoms with van der Waals surface area (Å²) in [6.45, 7) is 2.71. The van der Waals surface area contributed by atoms with Crippen LogP contribution in [0.1, 0.15) is 103 Å². The molecule has 0 aliphatic carbocycles. The minimum absolute atomic E-state index is 0.0987. The lowest BCUT2D eigenvalue weighted by Crippen LogP contribution is -2.42. The Labute approximate surface area is 184 Å². The van der Waals surface area contributed by atoms with Crippen molar-refractivity contribution in [3.63, 3.8) is 0 Å². The molecule has 5 nitrogen and oxygen atoms in total. The van der Waals surface area contributed by atoms with E-state index in [1.807, 2.05) is 0 Å². The molecule has 0 bridgehead atoms. The van der Waals surface area contributed by atoms with Crippen LogP contribution in [-0.4, -0.2) is 59.6 Å². The summed E-state index contributed by atoms with van der Waals surface area (Å²) < 4.78 is 11.0. The van der Waals surface area contributed by atoms with Crippen molar-refractivity contribution in [3.8, 4) is 0 Å². The van der Waals surface area contributed by atoms with Gasteiger partial charge >= 0.3 is 0 Å². The second kappa shape index (κ2) is 19.2. The molecule has 4 atom stereocenters. The quantitative estimate of drug-likeness (QED) is 0.190. The summed E-state index contributed by atoms with van der Waals surface area (Å²) in [6, 6.07) is 0. The van der Waals surface area contributed by atoms with E-state index in [1.165, 1.54) is 83.5 Å². The molecule has 0 aromatic heterocycles. The SMILES string of the molecule is CCCCCC/C=C/CCCCCCCCCCCO[C@H](CO)[C@H]1OC[C@H](O)[C@H]1O. The highest BCUT2D eigenvalue weighted by Gasteiger charge is 2.40. The van der Waals surface area contributed by atoms with E-state index in [4.69, 9.17) is 9.47 Å². The molecule has 1 fully saturated rings. The highest BCUT2D eigenvalue weighted by molar-refractivity contribution is 4.88. The van der Waals surface area contributed by atoms with Gasteiger partial charge in [-0.25, -0.2) is 0 Å². The van der Waals surface area contributed by atoms with Crippen LogP contribution in [0.4, 0.5) is 0 Å². The maximum absolute atomic E-state index is 9.84. The van der Waals surface area contributed by atoms with Crippen LogP contribution in [0.15, 0.2) is 12.2 Å². The number of rotatable bonds is 20. The van der Waals surface area contributed by atoms with E-state index in [9.17, 15) is 15.3 Å². The monoisotopic (exact) mass is 428 g/mol. The van der Waals surface area contributed by atoms with Gasteiger partial charge in [-0.2, -0.15) is 0 Å². The molecular formula is C25H48O5. The first-order chi connectivity index (χ1) is 14.7. The molecule has 0 unspecified atom stereocenters. The Morgan fingerprint density at radius 1 is 0.833 bits per heavy atom. The first-order valence-corrected chi connectivity index (χ1v) is 12.6. The highest BCUT2D eigenvalue weighted by atomic mass is 16.6. The molecule has 0 radical (unpaired) electrons. The van der Waals surface area contributed by atoms with Crippen molar-refractivity contribution < 1.29 is 24.8 Å². The lowest BCUT2D eigenvalue weighted by molar-refractivity contribution is -0.101. The topological polar surface area (TPSA) is 79.2 Å². The third-order valence-corrected chi connectivity index (χ3v) is 5.97. The second-order valence-corrected chi connectivity index (χ2v) is 8.74. The summed E-state index contributed by atoms with van der Waals surface area (Å²) in [5.41, 5.74) is 0. The molecule has 1 aliphatic heterocycles. The van der Waals surface area contributed by atoms with Crippen LogP contribution in [0, 0.1) is 0 Å². The van der Waals surface area contributed by atoms with E-state index in [-0.39, 0.29) is 13.2 Å². The summed E-state index contributed by atoms with van der Waals surface area (Å²) in [7, 11) is 0. The zero-order valence-corrected chi connectivity index (χ0v) is 19.4. The third-order valence-electron chi connectivity index (χ3n) is 5.97. The van der Waals surface area contributed by atoms with Crippen molar-refractivity contribution in [2.45, 2.75) is 128 Å². The summed E-state index contributed by atoms with van der Waals surface area (Å²) in [6.07, 6.45) is 20.8. The van der Waals surface area contributed by atoms with E-state index in [2.05, 4.69) is 19.1 Å². The summed E-state index contributed by atoms with van der Waals surface area (Å²) >= 11 is 0. The van der Waals surface area contributed by atoms with Crippen LogP contribution in [0.3, 0.4) is 0 Å². The predicted octanol–water partition coefficient (Wildman–Crippen LogP) is 4.91. The maximum atomic E-state index is 9.84. The van der Waals surface area contributed by atoms with Gasteiger partial charge in [0.15, 0.2) is 0 Å². The molecule has 0 amide bonds. The minimum atomic E-state index is -0.978. The van der Waals surface area contributed by atoms with Gasteiger partial charge in [0.05, 0.1) is 13.2 Å². The molecule has 0 saturated carbocycles. The van der Waals surface area contributed by atoms with Crippen LogP contribution in [0.2, 0.25) is 0 Å². The van der Waals surface area contributed by atoms with E-state index in [0.717, 1.165) is 12.8 Å². The zero-order chi connectivity index (χ0) is 21.9. The molecular weight excluding hydrogens is 380 g/mol. The van der Waals surface area contributed by atoms with Crippen molar-refractivity contribution in [2.24, 2.45) is 0 Å². The van der Waals surface area contributed by atoms with Gasteiger partial charge in [-0.1, -0.05) is 83.3 Å². The minimum Gasteiger partial charge on any atom is -0.394 e. The fourth-order valence-corrected chi connectivity index (χ4v) is 3.97. The fourth-order valence-electron chi connectivity index (χ4n) is 3.97. The van der Waals surface area contributed by atoms with Crippen molar-refractivity contribution in [2.75, 3.05) is 19.8 Å². The largest absolute Gasteiger partial charge is 0.394 e. The number of hydrogen-bond acceptors (Lipinski definition) is 5. The normalized spacial score (nSPS) is 22.9.